The minimum absolute atomic E-state index is 0.218. The van der Waals surface area contributed by atoms with Gasteiger partial charge in [0.25, 0.3) is 0 Å². The summed E-state index contributed by atoms with van der Waals surface area (Å²) in [5.74, 6) is -1.37. The minimum atomic E-state index is -4.55. The standard InChI is InChI=1S/C9H4F3NO2S/c10-9(11,12)5-1-2-6(8(14)15)7(3-5)16-4-13/h1-3H,(H,14,15). The summed E-state index contributed by atoms with van der Waals surface area (Å²) < 4.78 is 36.9. The smallest absolute Gasteiger partial charge is 0.416 e. The fourth-order valence-electron chi connectivity index (χ4n) is 1.01. The predicted molar refractivity (Wildman–Crippen MR) is 49.9 cm³/mol. The summed E-state index contributed by atoms with van der Waals surface area (Å²) in [6.45, 7) is 0. The van der Waals surface area contributed by atoms with E-state index in [0.29, 0.717) is 23.9 Å². The Bertz CT molecular complexity index is 465. The molecule has 0 bridgehead atoms. The molecular weight excluding hydrogens is 243 g/mol. The Labute approximate surface area is 92.5 Å². The molecule has 0 saturated heterocycles. The Hall–Kier alpha value is -1.68. The molecule has 7 heteroatoms. The van der Waals surface area contributed by atoms with Crippen molar-refractivity contribution in [1.29, 1.82) is 5.26 Å². The van der Waals surface area contributed by atoms with Gasteiger partial charge in [-0.2, -0.15) is 18.4 Å². The number of thiocyanates is 1. The molecule has 0 atom stereocenters. The van der Waals surface area contributed by atoms with Crippen molar-refractivity contribution in [3.8, 4) is 5.40 Å². The van der Waals surface area contributed by atoms with Gasteiger partial charge in [-0.1, -0.05) is 0 Å². The van der Waals surface area contributed by atoms with E-state index in [1.54, 1.807) is 5.40 Å². The Balaban J connectivity index is 3.29. The van der Waals surface area contributed by atoms with Gasteiger partial charge in [0.1, 0.15) is 5.40 Å². The molecule has 1 rings (SSSR count). The van der Waals surface area contributed by atoms with Gasteiger partial charge in [0.05, 0.1) is 11.1 Å². The Morgan fingerprint density at radius 1 is 1.44 bits per heavy atom. The molecule has 0 aliphatic heterocycles. The van der Waals surface area contributed by atoms with Crippen molar-refractivity contribution in [2.75, 3.05) is 0 Å². The lowest BCUT2D eigenvalue weighted by atomic mass is 10.1. The SMILES string of the molecule is N#CSc1cc(C(F)(F)F)ccc1C(=O)O. The van der Waals surface area contributed by atoms with Gasteiger partial charge in [-0.3, -0.25) is 0 Å². The van der Waals surface area contributed by atoms with Gasteiger partial charge in [-0.25, -0.2) is 4.79 Å². The third-order valence-electron chi connectivity index (χ3n) is 1.69. The van der Waals surface area contributed by atoms with Crippen molar-refractivity contribution >= 4 is 17.7 Å². The number of carboxylic acid groups (broad SMARTS) is 1. The first-order chi connectivity index (χ1) is 7.36. The topological polar surface area (TPSA) is 61.1 Å². The summed E-state index contributed by atoms with van der Waals surface area (Å²) in [6.07, 6.45) is -4.55. The zero-order valence-corrected chi connectivity index (χ0v) is 8.39. The summed E-state index contributed by atoms with van der Waals surface area (Å²) in [5, 5.41) is 18.6. The molecule has 0 radical (unpaired) electrons. The average Bonchev–Trinajstić information content (AvgIpc) is 2.16. The second-order valence-corrected chi connectivity index (χ2v) is 3.53. The van der Waals surface area contributed by atoms with Crippen LogP contribution in [-0.4, -0.2) is 11.1 Å². The maximum atomic E-state index is 12.3. The number of carbonyl (C=O) groups is 1. The molecule has 0 aliphatic rings. The quantitative estimate of drug-likeness (QED) is 0.644. The van der Waals surface area contributed by atoms with Crippen LogP contribution in [0.15, 0.2) is 23.1 Å². The number of nitriles is 1. The van der Waals surface area contributed by atoms with Crippen LogP contribution in [0.3, 0.4) is 0 Å². The number of rotatable bonds is 2. The number of carboxylic acids is 1. The summed E-state index contributed by atoms with van der Waals surface area (Å²) in [6, 6.07) is 2.16. The number of thioether (sulfide) groups is 1. The molecule has 0 saturated carbocycles. The normalized spacial score (nSPS) is 10.9. The van der Waals surface area contributed by atoms with Crippen molar-refractivity contribution in [3.05, 3.63) is 29.3 Å². The van der Waals surface area contributed by atoms with E-state index in [1.165, 1.54) is 0 Å². The highest BCUT2D eigenvalue weighted by Gasteiger charge is 2.31. The summed E-state index contributed by atoms with van der Waals surface area (Å²) in [5.41, 5.74) is -1.30. The highest BCUT2D eigenvalue weighted by atomic mass is 32.2. The molecule has 0 aliphatic carbocycles. The number of hydrogen-bond acceptors (Lipinski definition) is 3. The van der Waals surface area contributed by atoms with Crippen LogP contribution in [0, 0.1) is 10.7 Å². The van der Waals surface area contributed by atoms with E-state index in [2.05, 4.69) is 0 Å². The van der Waals surface area contributed by atoms with Crippen LogP contribution in [0.4, 0.5) is 13.2 Å². The van der Waals surface area contributed by atoms with Crippen molar-refractivity contribution in [2.45, 2.75) is 11.1 Å². The highest BCUT2D eigenvalue weighted by Crippen LogP contribution is 2.33. The van der Waals surface area contributed by atoms with Gasteiger partial charge in [0.2, 0.25) is 0 Å². The van der Waals surface area contributed by atoms with Crippen LogP contribution in [0.2, 0.25) is 0 Å². The molecule has 1 N–H and O–H groups in total. The molecule has 1 aromatic carbocycles. The van der Waals surface area contributed by atoms with Gasteiger partial charge >= 0.3 is 12.1 Å². The monoisotopic (exact) mass is 247 g/mol. The van der Waals surface area contributed by atoms with Crippen molar-refractivity contribution in [1.82, 2.24) is 0 Å². The molecule has 84 valence electrons. The van der Waals surface area contributed by atoms with Crippen LogP contribution in [0.5, 0.6) is 0 Å². The second-order valence-electron chi connectivity index (χ2n) is 2.71. The fourth-order valence-corrected chi connectivity index (χ4v) is 1.56. The van der Waals surface area contributed by atoms with Crippen LogP contribution >= 0.6 is 11.8 Å². The number of nitrogens with zero attached hydrogens (tertiary/aromatic N) is 1. The number of hydrogen-bond donors (Lipinski definition) is 1. The Kier molecular flexibility index (Phi) is 3.44. The lowest BCUT2D eigenvalue weighted by Gasteiger charge is -2.08. The van der Waals surface area contributed by atoms with E-state index in [9.17, 15) is 18.0 Å². The molecule has 16 heavy (non-hydrogen) atoms. The third-order valence-corrected chi connectivity index (χ3v) is 2.34. The predicted octanol–water partition coefficient (Wildman–Crippen LogP) is 2.98. The summed E-state index contributed by atoms with van der Waals surface area (Å²) >= 11 is 0.385. The molecule has 0 fully saturated rings. The van der Waals surface area contributed by atoms with Gasteiger partial charge < -0.3 is 5.11 Å². The van der Waals surface area contributed by atoms with Crippen LogP contribution in [0.1, 0.15) is 15.9 Å². The van der Waals surface area contributed by atoms with Crippen LogP contribution in [0.25, 0.3) is 0 Å². The zero-order chi connectivity index (χ0) is 12.3. The maximum absolute atomic E-state index is 12.3. The molecule has 0 heterocycles. The first-order valence-corrected chi connectivity index (χ1v) is 4.68. The summed E-state index contributed by atoms with van der Waals surface area (Å²) in [7, 11) is 0. The third kappa shape index (κ3) is 2.67. The molecule has 0 amide bonds. The van der Waals surface area contributed by atoms with E-state index >= 15 is 0 Å². The lowest BCUT2D eigenvalue weighted by Crippen LogP contribution is -2.07. The number of halogens is 3. The molecule has 3 nitrogen and oxygen atoms in total. The largest absolute Gasteiger partial charge is 0.478 e. The van der Waals surface area contributed by atoms with Gasteiger partial charge in [-0.15, -0.1) is 0 Å². The molecule has 0 unspecified atom stereocenters. The van der Waals surface area contributed by atoms with Crippen LogP contribution < -0.4 is 0 Å². The zero-order valence-electron chi connectivity index (χ0n) is 7.58. The Morgan fingerprint density at radius 3 is 2.50 bits per heavy atom. The molecule has 1 aromatic rings. The van der Waals surface area contributed by atoms with Crippen molar-refractivity contribution in [2.24, 2.45) is 0 Å². The highest BCUT2D eigenvalue weighted by molar-refractivity contribution is 8.03. The van der Waals surface area contributed by atoms with Crippen molar-refractivity contribution in [3.63, 3.8) is 0 Å². The van der Waals surface area contributed by atoms with Gasteiger partial charge in [0, 0.05) is 4.90 Å². The fraction of sp³-hybridized carbons (Fsp3) is 0.111. The van der Waals surface area contributed by atoms with Crippen LogP contribution in [-0.2, 0) is 6.18 Å². The second kappa shape index (κ2) is 4.45. The van der Waals surface area contributed by atoms with E-state index in [1.807, 2.05) is 0 Å². The molecule has 0 aromatic heterocycles. The molecular formula is C9H4F3NO2S. The van der Waals surface area contributed by atoms with Crippen molar-refractivity contribution < 1.29 is 23.1 Å². The van der Waals surface area contributed by atoms with Gasteiger partial charge in [-0.05, 0) is 30.0 Å². The first kappa shape index (κ1) is 12.4. The van der Waals surface area contributed by atoms with E-state index < -0.39 is 17.7 Å². The lowest BCUT2D eigenvalue weighted by molar-refractivity contribution is -0.137. The van der Waals surface area contributed by atoms with E-state index in [4.69, 9.17) is 10.4 Å². The number of alkyl halides is 3. The summed E-state index contributed by atoms with van der Waals surface area (Å²) in [4.78, 5) is 10.4. The average molecular weight is 247 g/mol. The number of aromatic carboxylic acids is 1. The molecule has 0 spiro atoms. The number of benzene rings is 1. The van der Waals surface area contributed by atoms with Gasteiger partial charge in [0.15, 0.2) is 0 Å². The first-order valence-electron chi connectivity index (χ1n) is 3.86. The van der Waals surface area contributed by atoms with E-state index in [0.717, 1.165) is 6.07 Å². The van der Waals surface area contributed by atoms with E-state index in [-0.39, 0.29) is 10.5 Å². The minimum Gasteiger partial charge on any atom is -0.478 e. The maximum Gasteiger partial charge on any atom is 0.416 e. The Morgan fingerprint density at radius 2 is 2.06 bits per heavy atom.